The van der Waals surface area contributed by atoms with E-state index in [-0.39, 0.29) is 0 Å². The van der Waals surface area contributed by atoms with E-state index in [1.807, 2.05) is 0 Å². The van der Waals surface area contributed by atoms with Crippen molar-refractivity contribution in [1.82, 2.24) is 0 Å². The molecular weight excluding hydrogens is 148 g/mol. The minimum absolute atomic E-state index is 0.466. The normalized spacial score (nSPS) is 12.0. The molecule has 1 nitrogen and oxygen atoms in total. The smallest absolute Gasteiger partial charge is 0.0466 e. The van der Waals surface area contributed by atoms with Crippen LogP contribution in [0.5, 0.6) is 0 Å². The lowest BCUT2D eigenvalue weighted by atomic mass is 9.91. The van der Waals surface area contributed by atoms with Crippen molar-refractivity contribution in [2.75, 3.05) is 13.2 Å². The van der Waals surface area contributed by atoms with Gasteiger partial charge in [0, 0.05) is 13.2 Å². The highest BCUT2D eigenvalue weighted by Crippen LogP contribution is 2.20. The first-order valence-corrected chi connectivity index (χ1v) is 5.14. The van der Waals surface area contributed by atoms with E-state index in [2.05, 4.69) is 27.7 Å². The van der Waals surface area contributed by atoms with Crippen LogP contribution in [-0.2, 0) is 4.74 Å². The van der Waals surface area contributed by atoms with Crippen LogP contribution in [0, 0.1) is 5.41 Å². The van der Waals surface area contributed by atoms with Gasteiger partial charge >= 0.3 is 0 Å². The monoisotopic (exact) mass is 172 g/mol. The predicted octanol–water partition coefficient (Wildman–Crippen LogP) is 3.63. The van der Waals surface area contributed by atoms with Crippen molar-refractivity contribution in [3.63, 3.8) is 0 Å². The summed E-state index contributed by atoms with van der Waals surface area (Å²) >= 11 is 0. The van der Waals surface area contributed by atoms with Crippen LogP contribution in [0.1, 0.15) is 53.4 Å². The molecule has 0 aliphatic carbocycles. The molecule has 0 aliphatic heterocycles. The summed E-state index contributed by atoms with van der Waals surface area (Å²) in [5.74, 6) is 0. The fraction of sp³-hybridized carbons (Fsp3) is 1.00. The van der Waals surface area contributed by atoms with Crippen LogP contribution < -0.4 is 0 Å². The Bertz CT molecular complexity index is 91.7. The number of ether oxygens (including phenoxy) is 1. The van der Waals surface area contributed by atoms with Crippen LogP contribution >= 0.6 is 0 Å². The molecule has 0 aliphatic rings. The molecule has 74 valence electrons. The van der Waals surface area contributed by atoms with Crippen molar-refractivity contribution in [3.8, 4) is 0 Å². The third kappa shape index (κ3) is 9.96. The zero-order valence-electron chi connectivity index (χ0n) is 9.15. The van der Waals surface area contributed by atoms with Crippen molar-refractivity contribution < 1.29 is 4.74 Å². The largest absolute Gasteiger partial charge is 0.381 e. The molecule has 0 heterocycles. The molecule has 0 N–H and O–H groups in total. The molecule has 0 rings (SSSR count). The second kappa shape index (κ2) is 6.47. The van der Waals surface area contributed by atoms with Crippen LogP contribution in [0.3, 0.4) is 0 Å². The van der Waals surface area contributed by atoms with Gasteiger partial charge in [-0.15, -0.1) is 0 Å². The first-order valence-electron chi connectivity index (χ1n) is 5.14. The lowest BCUT2D eigenvalue weighted by molar-refractivity contribution is 0.120. The maximum atomic E-state index is 5.47. The second-order valence-corrected chi connectivity index (χ2v) is 4.63. The van der Waals surface area contributed by atoms with E-state index in [9.17, 15) is 0 Å². The van der Waals surface area contributed by atoms with Crippen molar-refractivity contribution in [2.45, 2.75) is 53.4 Å². The summed E-state index contributed by atoms with van der Waals surface area (Å²) < 4.78 is 5.47. The van der Waals surface area contributed by atoms with Crippen LogP contribution in [0.2, 0.25) is 0 Å². The molecule has 1 heteroatoms. The van der Waals surface area contributed by atoms with Gasteiger partial charge in [0.05, 0.1) is 0 Å². The summed E-state index contributed by atoms with van der Waals surface area (Å²) in [5.41, 5.74) is 0.466. The number of hydrogen-bond donors (Lipinski definition) is 0. The van der Waals surface area contributed by atoms with Gasteiger partial charge in [0.2, 0.25) is 0 Å². The maximum Gasteiger partial charge on any atom is 0.0466 e. The molecule has 0 aromatic rings. The molecular formula is C11H24O. The molecule has 0 radical (unpaired) electrons. The summed E-state index contributed by atoms with van der Waals surface area (Å²) in [6.07, 6.45) is 4.90. The summed E-state index contributed by atoms with van der Waals surface area (Å²) in [4.78, 5) is 0. The van der Waals surface area contributed by atoms with Gasteiger partial charge in [-0.2, -0.15) is 0 Å². The zero-order valence-corrected chi connectivity index (χ0v) is 9.15. The highest BCUT2D eigenvalue weighted by atomic mass is 16.5. The van der Waals surface area contributed by atoms with Gasteiger partial charge in [0.25, 0.3) is 0 Å². The van der Waals surface area contributed by atoms with Gasteiger partial charge in [0.15, 0.2) is 0 Å². The second-order valence-electron chi connectivity index (χ2n) is 4.63. The third-order valence-electron chi connectivity index (χ3n) is 1.86. The Labute approximate surface area is 77.5 Å². The van der Waals surface area contributed by atoms with Crippen molar-refractivity contribution in [1.29, 1.82) is 0 Å². The maximum absolute atomic E-state index is 5.47. The van der Waals surface area contributed by atoms with E-state index < -0.39 is 0 Å². The van der Waals surface area contributed by atoms with Crippen molar-refractivity contribution in [2.24, 2.45) is 5.41 Å². The molecule has 0 saturated heterocycles. The minimum atomic E-state index is 0.466. The Kier molecular flexibility index (Phi) is 6.45. The number of hydrogen-bond acceptors (Lipinski definition) is 1. The van der Waals surface area contributed by atoms with E-state index in [4.69, 9.17) is 4.74 Å². The summed E-state index contributed by atoms with van der Waals surface area (Å²) in [6, 6.07) is 0. The molecule has 0 atom stereocenters. The summed E-state index contributed by atoms with van der Waals surface area (Å²) in [6.45, 7) is 10.9. The lowest BCUT2D eigenvalue weighted by Gasteiger charge is -2.17. The predicted molar refractivity (Wildman–Crippen MR) is 54.4 cm³/mol. The Morgan fingerprint density at radius 1 is 1.00 bits per heavy atom. The molecule has 0 fully saturated rings. The first kappa shape index (κ1) is 12.0. The Balaban J connectivity index is 3.01. The molecule has 0 saturated carbocycles. The summed E-state index contributed by atoms with van der Waals surface area (Å²) in [5, 5.41) is 0. The van der Waals surface area contributed by atoms with Gasteiger partial charge in [-0.1, -0.05) is 34.1 Å². The van der Waals surface area contributed by atoms with Gasteiger partial charge in [-0.3, -0.25) is 0 Å². The van der Waals surface area contributed by atoms with Gasteiger partial charge < -0.3 is 4.74 Å². The molecule has 0 aromatic heterocycles. The number of rotatable bonds is 6. The Hall–Kier alpha value is -0.0400. The molecule has 0 amide bonds. The van der Waals surface area contributed by atoms with E-state index in [1.165, 1.54) is 25.7 Å². The highest BCUT2D eigenvalue weighted by Gasteiger charge is 2.08. The summed E-state index contributed by atoms with van der Waals surface area (Å²) in [7, 11) is 0. The fourth-order valence-corrected chi connectivity index (χ4v) is 1.05. The molecule has 12 heavy (non-hydrogen) atoms. The topological polar surface area (TPSA) is 9.23 Å². The van der Waals surface area contributed by atoms with Crippen LogP contribution in [0.25, 0.3) is 0 Å². The lowest BCUT2D eigenvalue weighted by Crippen LogP contribution is -2.07. The van der Waals surface area contributed by atoms with Gasteiger partial charge in [-0.25, -0.2) is 0 Å². The fourth-order valence-electron chi connectivity index (χ4n) is 1.05. The van der Waals surface area contributed by atoms with E-state index in [0.29, 0.717) is 5.41 Å². The Morgan fingerprint density at radius 2 is 1.58 bits per heavy atom. The Morgan fingerprint density at radius 3 is 2.08 bits per heavy atom. The third-order valence-corrected chi connectivity index (χ3v) is 1.86. The molecule has 0 spiro atoms. The van der Waals surface area contributed by atoms with Crippen molar-refractivity contribution >= 4 is 0 Å². The first-order chi connectivity index (χ1) is 5.56. The average Bonchev–Trinajstić information content (AvgIpc) is 1.94. The van der Waals surface area contributed by atoms with Crippen LogP contribution in [0.15, 0.2) is 0 Å². The van der Waals surface area contributed by atoms with Crippen LogP contribution in [0.4, 0.5) is 0 Å². The highest BCUT2D eigenvalue weighted by molar-refractivity contribution is 4.60. The quantitative estimate of drug-likeness (QED) is 0.556. The molecule has 0 unspecified atom stereocenters. The van der Waals surface area contributed by atoms with E-state index in [0.717, 1.165) is 13.2 Å². The zero-order chi connectivity index (χ0) is 9.45. The SMILES string of the molecule is CCCCOCCCC(C)(C)C. The van der Waals surface area contributed by atoms with E-state index in [1.54, 1.807) is 0 Å². The molecule has 0 aromatic carbocycles. The van der Waals surface area contributed by atoms with Gasteiger partial charge in [-0.05, 0) is 24.7 Å². The van der Waals surface area contributed by atoms with Gasteiger partial charge in [0.1, 0.15) is 0 Å². The van der Waals surface area contributed by atoms with E-state index >= 15 is 0 Å². The minimum Gasteiger partial charge on any atom is -0.381 e. The molecule has 0 bridgehead atoms. The average molecular weight is 172 g/mol. The standard InChI is InChI=1S/C11H24O/c1-5-6-9-12-10-7-8-11(2,3)4/h5-10H2,1-4H3. The number of unbranched alkanes of at least 4 members (excludes halogenated alkanes) is 1. The van der Waals surface area contributed by atoms with Crippen LogP contribution in [-0.4, -0.2) is 13.2 Å². The van der Waals surface area contributed by atoms with Crippen molar-refractivity contribution in [3.05, 3.63) is 0 Å².